The molecule has 2 rings (SSSR count). The van der Waals surface area contributed by atoms with Crippen molar-refractivity contribution < 1.29 is 4.79 Å². The summed E-state index contributed by atoms with van der Waals surface area (Å²) in [6.45, 7) is 0.310. The van der Waals surface area contributed by atoms with E-state index in [-0.39, 0.29) is 5.91 Å². The lowest BCUT2D eigenvalue weighted by Crippen LogP contribution is -2.23. The van der Waals surface area contributed by atoms with E-state index in [2.05, 4.69) is 25.6 Å². The molecule has 0 saturated carbocycles. The van der Waals surface area contributed by atoms with E-state index in [1.807, 2.05) is 0 Å². The summed E-state index contributed by atoms with van der Waals surface area (Å²) < 4.78 is 1.58. The Morgan fingerprint density at radius 1 is 1.67 bits per heavy atom. The predicted molar refractivity (Wildman–Crippen MR) is 50.8 cm³/mol. The lowest BCUT2D eigenvalue weighted by molar-refractivity contribution is 0.0950. The monoisotopic (exact) mass is 206 g/mol. The molecule has 15 heavy (non-hydrogen) atoms. The number of H-pyrrole nitrogens is 1. The van der Waals surface area contributed by atoms with Gasteiger partial charge in [0.25, 0.3) is 5.91 Å². The molecule has 0 bridgehead atoms. The van der Waals surface area contributed by atoms with Crippen LogP contribution in [0.4, 0.5) is 0 Å². The van der Waals surface area contributed by atoms with Crippen LogP contribution in [0.3, 0.4) is 0 Å². The first-order chi connectivity index (χ1) is 7.25. The van der Waals surface area contributed by atoms with Gasteiger partial charge in [-0.1, -0.05) is 0 Å². The second-order valence-corrected chi connectivity index (χ2v) is 3.00. The van der Waals surface area contributed by atoms with E-state index in [1.165, 1.54) is 12.4 Å². The second-order valence-electron chi connectivity index (χ2n) is 3.00. The normalized spacial score (nSPS) is 10.2. The summed E-state index contributed by atoms with van der Waals surface area (Å²) in [5.41, 5.74) is 0.492. The first-order valence-electron chi connectivity index (χ1n) is 4.37. The van der Waals surface area contributed by atoms with E-state index in [4.69, 9.17) is 0 Å². The number of aromatic amines is 1. The lowest BCUT2D eigenvalue weighted by Gasteiger charge is -1.98. The number of aryl methyl sites for hydroxylation is 1. The van der Waals surface area contributed by atoms with Gasteiger partial charge in [0.2, 0.25) is 0 Å². The minimum atomic E-state index is -0.198. The quantitative estimate of drug-likeness (QED) is 0.706. The summed E-state index contributed by atoms with van der Waals surface area (Å²) in [6, 6.07) is 0. The summed E-state index contributed by atoms with van der Waals surface area (Å²) in [4.78, 5) is 15.4. The SMILES string of the molecule is Cn1cnc(CNC(=O)c2cn[nH]c2)n1. The molecular formula is C8H10N6O. The Balaban J connectivity index is 1.91. The third kappa shape index (κ3) is 2.19. The van der Waals surface area contributed by atoms with Crippen molar-refractivity contribution in [2.24, 2.45) is 7.05 Å². The van der Waals surface area contributed by atoms with E-state index < -0.39 is 0 Å². The molecule has 7 heteroatoms. The zero-order valence-corrected chi connectivity index (χ0v) is 8.14. The minimum absolute atomic E-state index is 0.198. The van der Waals surface area contributed by atoms with Crippen molar-refractivity contribution in [2.45, 2.75) is 6.54 Å². The summed E-state index contributed by atoms with van der Waals surface area (Å²) in [6.07, 6.45) is 4.57. The maximum atomic E-state index is 11.5. The van der Waals surface area contributed by atoms with E-state index >= 15 is 0 Å². The third-order valence-corrected chi connectivity index (χ3v) is 1.81. The minimum Gasteiger partial charge on any atom is -0.345 e. The van der Waals surface area contributed by atoms with Gasteiger partial charge in [0.05, 0.1) is 18.3 Å². The molecule has 0 aliphatic heterocycles. The Bertz CT molecular complexity index is 445. The van der Waals surface area contributed by atoms with Gasteiger partial charge in [0.15, 0.2) is 5.82 Å². The van der Waals surface area contributed by atoms with Gasteiger partial charge in [0, 0.05) is 13.2 Å². The van der Waals surface area contributed by atoms with Crippen molar-refractivity contribution >= 4 is 5.91 Å². The largest absolute Gasteiger partial charge is 0.345 e. The highest BCUT2D eigenvalue weighted by molar-refractivity contribution is 5.93. The fraction of sp³-hybridized carbons (Fsp3) is 0.250. The standard InChI is InChI=1S/C8H10N6O/c1-14-5-10-7(13-14)4-9-8(15)6-2-11-12-3-6/h2-3,5H,4H2,1H3,(H,9,15)(H,11,12). The molecule has 0 saturated heterocycles. The van der Waals surface area contributed by atoms with Crippen molar-refractivity contribution in [3.8, 4) is 0 Å². The number of nitrogens with one attached hydrogen (secondary N) is 2. The average Bonchev–Trinajstić information content (AvgIpc) is 2.84. The number of carbonyl (C=O) groups excluding carboxylic acids is 1. The average molecular weight is 206 g/mol. The summed E-state index contributed by atoms with van der Waals surface area (Å²) in [7, 11) is 1.77. The number of nitrogens with zero attached hydrogens (tertiary/aromatic N) is 4. The van der Waals surface area contributed by atoms with Crippen LogP contribution in [-0.2, 0) is 13.6 Å². The summed E-state index contributed by atoms with van der Waals surface area (Å²) >= 11 is 0. The molecule has 0 unspecified atom stereocenters. The highest BCUT2D eigenvalue weighted by atomic mass is 16.1. The second kappa shape index (κ2) is 3.91. The van der Waals surface area contributed by atoms with Crippen LogP contribution in [0, 0.1) is 0 Å². The van der Waals surface area contributed by atoms with E-state index in [0.717, 1.165) is 0 Å². The highest BCUT2D eigenvalue weighted by Gasteiger charge is 2.07. The van der Waals surface area contributed by atoms with E-state index in [9.17, 15) is 4.79 Å². The van der Waals surface area contributed by atoms with Crippen LogP contribution in [0.25, 0.3) is 0 Å². The highest BCUT2D eigenvalue weighted by Crippen LogP contribution is 1.94. The molecule has 2 N–H and O–H groups in total. The molecule has 0 atom stereocenters. The van der Waals surface area contributed by atoms with Crippen LogP contribution in [0.2, 0.25) is 0 Å². The molecule has 78 valence electrons. The fourth-order valence-corrected chi connectivity index (χ4v) is 1.10. The molecule has 0 spiro atoms. The predicted octanol–water partition coefficient (Wildman–Crippen LogP) is -0.532. The topological polar surface area (TPSA) is 88.5 Å². The zero-order chi connectivity index (χ0) is 10.7. The number of aromatic nitrogens is 5. The van der Waals surface area contributed by atoms with Crippen molar-refractivity contribution in [3.63, 3.8) is 0 Å². The first-order valence-corrected chi connectivity index (χ1v) is 4.37. The number of hydrogen-bond acceptors (Lipinski definition) is 4. The summed E-state index contributed by atoms with van der Waals surface area (Å²) in [5.74, 6) is 0.380. The van der Waals surface area contributed by atoms with Gasteiger partial charge in [-0.3, -0.25) is 14.6 Å². The Morgan fingerprint density at radius 2 is 2.53 bits per heavy atom. The molecule has 0 aliphatic rings. The number of rotatable bonds is 3. The number of amides is 1. The van der Waals surface area contributed by atoms with Gasteiger partial charge < -0.3 is 5.32 Å². The maximum Gasteiger partial charge on any atom is 0.254 e. The smallest absolute Gasteiger partial charge is 0.254 e. The van der Waals surface area contributed by atoms with Gasteiger partial charge in [-0.25, -0.2) is 4.98 Å². The molecule has 7 nitrogen and oxygen atoms in total. The Morgan fingerprint density at radius 3 is 3.13 bits per heavy atom. The molecule has 0 radical (unpaired) electrons. The Kier molecular flexibility index (Phi) is 2.44. The van der Waals surface area contributed by atoms with Crippen LogP contribution in [0.1, 0.15) is 16.2 Å². The molecule has 0 fully saturated rings. The van der Waals surface area contributed by atoms with Gasteiger partial charge in [-0.2, -0.15) is 10.2 Å². The van der Waals surface area contributed by atoms with Gasteiger partial charge in [-0.15, -0.1) is 0 Å². The Labute approximate surface area is 85.5 Å². The molecule has 2 aromatic rings. The Hall–Kier alpha value is -2.18. The third-order valence-electron chi connectivity index (χ3n) is 1.81. The van der Waals surface area contributed by atoms with Crippen LogP contribution in [0.15, 0.2) is 18.7 Å². The van der Waals surface area contributed by atoms with Gasteiger partial charge in [-0.05, 0) is 0 Å². The summed E-state index contributed by atoms with van der Waals surface area (Å²) in [5, 5.41) is 13.0. The van der Waals surface area contributed by atoms with Crippen LogP contribution in [-0.4, -0.2) is 30.9 Å². The van der Waals surface area contributed by atoms with Crippen LogP contribution >= 0.6 is 0 Å². The lowest BCUT2D eigenvalue weighted by atomic mass is 10.3. The van der Waals surface area contributed by atoms with Crippen molar-refractivity contribution in [1.29, 1.82) is 0 Å². The van der Waals surface area contributed by atoms with Gasteiger partial charge in [0.1, 0.15) is 6.33 Å². The van der Waals surface area contributed by atoms with Gasteiger partial charge >= 0.3 is 0 Å². The maximum absolute atomic E-state index is 11.5. The fourth-order valence-electron chi connectivity index (χ4n) is 1.10. The molecule has 1 amide bonds. The van der Waals surface area contributed by atoms with E-state index in [0.29, 0.717) is 17.9 Å². The molecule has 2 aromatic heterocycles. The molecule has 0 aromatic carbocycles. The zero-order valence-electron chi connectivity index (χ0n) is 8.14. The molecule has 0 aliphatic carbocycles. The van der Waals surface area contributed by atoms with Crippen LogP contribution in [0.5, 0.6) is 0 Å². The van der Waals surface area contributed by atoms with Crippen LogP contribution < -0.4 is 5.32 Å². The van der Waals surface area contributed by atoms with Crippen molar-refractivity contribution in [1.82, 2.24) is 30.3 Å². The number of hydrogen-bond donors (Lipinski definition) is 2. The van der Waals surface area contributed by atoms with Crippen molar-refractivity contribution in [3.05, 3.63) is 30.1 Å². The van der Waals surface area contributed by atoms with E-state index in [1.54, 1.807) is 18.1 Å². The van der Waals surface area contributed by atoms with Crippen molar-refractivity contribution in [2.75, 3.05) is 0 Å². The molecule has 2 heterocycles. The first kappa shape index (κ1) is 9.38. The number of carbonyl (C=O) groups is 1. The molecular weight excluding hydrogens is 196 g/mol.